The van der Waals surface area contributed by atoms with Crippen LogP contribution in [-0.2, 0) is 11.3 Å². The Balaban J connectivity index is 1.61. The molecule has 3 aromatic rings. The Morgan fingerprint density at radius 2 is 1.50 bits per heavy atom. The first-order chi connectivity index (χ1) is 12.7. The van der Waals surface area contributed by atoms with Crippen molar-refractivity contribution in [2.45, 2.75) is 6.54 Å². The van der Waals surface area contributed by atoms with Crippen LogP contribution in [0.1, 0.15) is 15.9 Å². The molecule has 0 fully saturated rings. The number of carbonyl (C=O) groups excluding carboxylic acids is 2. The highest BCUT2D eigenvalue weighted by Crippen LogP contribution is 2.14. The van der Waals surface area contributed by atoms with Crippen LogP contribution in [0.25, 0.3) is 0 Å². The van der Waals surface area contributed by atoms with E-state index in [9.17, 15) is 9.59 Å². The summed E-state index contributed by atoms with van der Waals surface area (Å²) in [5.74, 6) is 0.541. The molecule has 1 N–H and O–H groups in total. The molecule has 0 bridgehead atoms. The van der Waals surface area contributed by atoms with Crippen LogP contribution in [0.5, 0.6) is 5.75 Å². The van der Waals surface area contributed by atoms with Gasteiger partial charge in [-0.3, -0.25) is 9.59 Å². The summed E-state index contributed by atoms with van der Waals surface area (Å²) < 4.78 is 6.81. The fraction of sp³-hybridized carbons (Fsp3) is 0.0952. The molecular weight excluding hydrogens is 328 g/mol. The molecule has 0 saturated heterocycles. The van der Waals surface area contributed by atoms with Gasteiger partial charge in [0.15, 0.2) is 18.2 Å². The molecule has 130 valence electrons. The maximum absolute atomic E-state index is 12.4. The van der Waals surface area contributed by atoms with Crippen LogP contribution >= 0.6 is 0 Å². The molecular formula is C21H19N2O3+. The third-order valence-corrected chi connectivity index (χ3v) is 3.89. The third kappa shape index (κ3) is 4.33. The molecule has 26 heavy (non-hydrogen) atoms. The molecule has 5 heteroatoms. The minimum atomic E-state index is -0.151. The maximum Gasteiger partial charge on any atom is 0.290 e. The van der Waals surface area contributed by atoms with Gasteiger partial charge < -0.3 is 10.1 Å². The number of hydrogen-bond donors (Lipinski definition) is 1. The Hall–Kier alpha value is -3.47. The van der Waals surface area contributed by atoms with E-state index in [0.717, 1.165) is 5.75 Å². The van der Waals surface area contributed by atoms with E-state index in [1.165, 1.54) is 0 Å². The van der Waals surface area contributed by atoms with Crippen molar-refractivity contribution in [1.29, 1.82) is 0 Å². The van der Waals surface area contributed by atoms with Crippen LogP contribution in [-0.4, -0.2) is 18.8 Å². The molecule has 0 atom stereocenters. The van der Waals surface area contributed by atoms with Crippen LogP contribution in [0.3, 0.4) is 0 Å². The summed E-state index contributed by atoms with van der Waals surface area (Å²) in [6.07, 6.45) is 3.45. The number of carbonyl (C=O) groups is 2. The SMILES string of the molecule is COc1ccc(NC(=O)C[n+]2ccc(C(=O)c3ccccc3)cc2)cc1. The van der Waals surface area contributed by atoms with Crippen molar-refractivity contribution in [3.05, 3.63) is 90.3 Å². The third-order valence-electron chi connectivity index (χ3n) is 3.89. The summed E-state index contributed by atoms with van der Waals surface area (Å²) in [4.78, 5) is 24.5. The summed E-state index contributed by atoms with van der Waals surface area (Å²) in [7, 11) is 1.59. The maximum atomic E-state index is 12.4. The average Bonchev–Trinajstić information content (AvgIpc) is 2.69. The van der Waals surface area contributed by atoms with Gasteiger partial charge in [0.05, 0.1) is 7.11 Å². The number of rotatable bonds is 6. The normalized spacial score (nSPS) is 10.2. The number of nitrogens with one attached hydrogen (secondary N) is 1. The van der Waals surface area contributed by atoms with Gasteiger partial charge in [-0.1, -0.05) is 30.3 Å². The fourth-order valence-corrected chi connectivity index (χ4v) is 2.51. The van der Waals surface area contributed by atoms with Gasteiger partial charge in [-0.25, -0.2) is 0 Å². The van der Waals surface area contributed by atoms with Gasteiger partial charge in [0.1, 0.15) is 5.75 Å². The van der Waals surface area contributed by atoms with E-state index < -0.39 is 0 Å². The first-order valence-electron chi connectivity index (χ1n) is 8.18. The number of anilines is 1. The predicted octanol–water partition coefficient (Wildman–Crippen LogP) is 2.85. The number of benzene rings is 2. The fourth-order valence-electron chi connectivity index (χ4n) is 2.51. The Kier molecular flexibility index (Phi) is 5.39. The zero-order valence-corrected chi connectivity index (χ0v) is 14.4. The summed E-state index contributed by atoms with van der Waals surface area (Å²) in [6.45, 7) is 0.159. The topological polar surface area (TPSA) is 59.3 Å². The second kappa shape index (κ2) is 8.07. The number of methoxy groups -OCH3 is 1. The molecule has 2 aromatic carbocycles. The average molecular weight is 347 g/mol. The second-order valence-corrected chi connectivity index (χ2v) is 5.73. The zero-order chi connectivity index (χ0) is 18.4. The van der Waals surface area contributed by atoms with E-state index in [4.69, 9.17) is 4.74 Å². The first-order valence-corrected chi connectivity index (χ1v) is 8.18. The number of aromatic nitrogens is 1. The van der Waals surface area contributed by atoms with Crippen molar-refractivity contribution in [2.24, 2.45) is 0 Å². The van der Waals surface area contributed by atoms with Crippen molar-refractivity contribution in [1.82, 2.24) is 0 Å². The van der Waals surface area contributed by atoms with Gasteiger partial charge in [-0.15, -0.1) is 0 Å². The second-order valence-electron chi connectivity index (χ2n) is 5.73. The molecule has 0 aliphatic rings. The highest BCUT2D eigenvalue weighted by molar-refractivity contribution is 6.08. The van der Waals surface area contributed by atoms with Crippen molar-refractivity contribution in [3.63, 3.8) is 0 Å². The lowest BCUT2D eigenvalue weighted by atomic mass is 10.0. The summed E-state index contributed by atoms with van der Waals surface area (Å²) in [5, 5.41) is 2.82. The standard InChI is InChI=1S/C21H18N2O3/c1-26-19-9-7-18(8-10-19)22-20(24)15-23-13-11-17(12-14-23)21(25)16-5-3-2-4-6-16/h2-14H,15H2,1H3/p+1. The van der Waals surface area contributed by atoms with E-state index in [1.807, 2.05) is 18.2 Å². The number of ketones is 1. The minimum absolute atomic E-state index is 0.0413. The largest absolute Gasteiger partial charge is 0.497 e. The Labute approximate surface area is 151 Å². The number of nitrogens with zero attached hydrogens (tertiary/aromatic N) is 1. The van der Waals surface area contributed by atoms with Gasteiger partial charge in [-0.05, 0) is 24.3 Å². The quantitative estimate of drug-likeness (QED) is 0.551. The van der Waals surface area contributed by atoms with E-state index in [2.05, 4.69) is 5.32 Å². The Morgan fingerprint density at radius 3 is 2.12 bits per heavy atom. The van der Waals surface area contributed by atoms with E-state index in [0.29, 0.717) is 16.8 Å². The van der Waals surface area contributed by atoms with Gasteiger partial charge >= 0.3 is 0 Å². The van der Waals surface area contributed by atoms with Crippen LogP contribution in [0.15, 0.2) is 79.1 Å². The summed E-state index contributed by atoms with van der Waals surface area (Å²) in [6, 6.07) is 19.7. The molecule has 1 amide bonds. The number of hydrogen-bond acceptors (Lipinski definition) is 3. The van der Waals surface area contributed by atoms with Gasteiger partial charge in [0.25, 0.3) is 5.91 Å². The highest BCUT2D eigenvalue weighted by atomic mass is 16.5. The predicted molar refractivity (Wildman–Crippen MR) is 98.1 cm³/mol. The highest BCUT2D eigenvalue weighted by Gasteiger charge is 2.13. The molecule has 1 heterocycles. The van der Waals surface area contributed by atoms with Crippen LogP contribution in [0, 0.1) is 0 Å². The number of amides is 1. The zero-order valence-electron chi connectivity index (χ0n) is 14.4. The van der Waals surface area contributed by atoms with E-state index >= 15 is 0 Å². The lowest BCUT2D eigenvalue weighted by Crippen LogP contribution is -2.39. The lowest BCUT2D eigenvalue weighted by Gasteiger charge is -2.05. The molecule has 0 unspecified atom stereocenters. The Bertz CT molecular complexity index is 889. The molecule has 1 aromatic heterocycles. The van der Waals surface area contributed by atoms with Crippen LogP contribution in [0.2, 0.25) is 0 Å². The van der Waals surface area contributed by atoms with E-state index in [-0.39, 0.29) is 18.2 Å². The van der Waals surface area contributed by atoms with Crippen LogP contribution in [0.4, 0.5) is 5.69 Å². The number of ether oxygens (including phenoxy) is 1. The molecule has 5 nitrogen and oxygen atoms in total. The van der Waals surface area contributed by atoms with Crippen molar-refractivity contribution in [2.75, 3.05) is 12.4 Å². The Morgan fingerprint density at radius 1 is 0.885 bits per heavy atom. The monoisotopic (exact) mass is 347 g/mol. The first kappa shape index (κ1) is 17.4. The van der Waals surface area contributed by atoms with Crippen molar-refractivity contribution in [3.8, 4) is 5.75 Å². The molecule has 0 aliphatic heterocycles. The van der Waals surface area contributed by atoms with Gasteiger partial charge in [0.2, 0.25) is 6.54 Å². The van der Waals surface area contributed by atoms with E-state index in [1.54, 1.807) is 72.6 Å². The number of pyridine rings is 1. The summed E-state index contributed by atoms with van der Waals surface area (Å²) >= 11 is 0. The molecule has 0 aliphatic carbocycles. The van der Waals surface area contributed by atoms with Crippen molar-refractivity contribution >= 4 is 17.4 Å². The molecule has 0 saturated carbocycles. The smallest absolute Gasteiger partial charge is 0.290 e. The van der Waals surface area contributed by atoms with Crippen LogP contribution < -0.4 is 14.6 Å². The molecule has 3 rings (SSSR count). The molecule has 0 spiro atoms. The molecule has 0 radical (unpaired) electrons. The lowest BCUT2D eigenvalue weighted by molar-refractivity contribution is -0.684. The van der Waals surface area contributed by atoms with Gasteiger partial charge in [0, 0.05) is 28.9 Å². The van der Waals surface area contributed by atoms with Gasteiger partial charge in [-0.2, -0.15) is 4.57 Å². The summed E-state index contributed by atoms with van der Waals surface area (Å²) in [5.41, 5.74) is 1.93. The van der Waals surface area contributed by atoms with Crippen molar-refractivity contribution < 1.29 is 18.9 Å². The minimum Gasteiger partial charge on any atom is -0.497 e.